The van der Waals surface area contributed by atoms with Gasteiger partial charge in [-0.3, -0.25) is 0 Å². The van der Waals surface area contributed by atoms with Gasteiger partial charge in [0.15, 0.2) is 0 Å². The summed E-state index contributed by atoms with van der Waals surface area (Å²) in [6.07, 6.45) is 5.82. The summed E-state index contributed by atoms with van der Waals surface area (Å²) in [5.74, 6) is 0. The van der Waals surface area contributed by atoms with Gasteiger partial charge < -0.3 is 4.57 Å². The largest absolute Gasteiger partial charge is 0.337 e. The maximum absolute atomic E-state index is 12.1. The molecule has 0 radical (unpaired) electrons. The van der Waals surface area contributed by atoms with Gasteiger partial charge in [0.1, 0.15) is 6.07 Å². The minimum absolute atomic E-state index is 0.0186. The Kier molecular flexibility index (Phi) is 4.50. The first-order valence-electron chi connectivity index (χ1n) is 6.08. The van der Waals surface area contributed by atoms with E-state index < -0.39 is 10.0 Å². The Labute approximate surface area is 117 Å². The van der Waals surface area contributed by atoms with Gasteiger partial charge in [0.2, 0.25) is 10.0 Å². The maximum Gasteiger partial charge on any atom is 0.241 e. The minimum atomic E-state index is -3.64. The fourth-order valence-corrected chi connectivity index (χ4v) is 2.99. The van der Waals surface area contributed by atoms with Gasteiger partial charge in [-0.25, -0.2) is 18.1 Å². The molecule has 0 aliphatic rings. The number of benzene rings is 1. The van der Waals surface area contributed by atoms with Gasteiger partial charge >= 0.3 is 0 Å². The number of rotatable bonds is 6. The second-order valence-corrected chi connectivity index (χ2v) is 5.90. The van der Waals surface area contributed by atoms with Crippen LogP contribution in [0.5, 0.6) is 0 Å². The van der Waals surface area contributed by atoms with E-state index in [1.54, 1.807) is 24.7 Å². The van der Waals surface area contributed by atoms with Crippen LogP contribution in [0.4, 0.5) is 0 Å². The summed E-state index contributed by atoms with van der Waals surface area (Å²) in [4.78, 5) is 3.93. The molecule has 0 aliphatic heterocycles. The summed E-state index contributed by atoms with van der Waals surface area (Å²) < 4.78 is 28.6. The zero-order valence-corrected chi connectivity index (χ0v) is 11.5. The van der Waals surface area contributed by atoms with Gasteiger partial charge in [-0.1, -0.05) is 12.1 Å². The second-order valence-electron chi connectivity index (χ2n) is 4.16. The van der Waals surface area contributed by atoms with E-state index in [1.165, 1.54) is 12.1 Å². The highest BCUT2D eigenvalue weighted by Crippen LogP contribution is 2.13. The van der Waals surface area contributed by atoms with Gasteiger partial charge in [-0.05, 0) is 18.6 Å². The highest BCUT2D eigenvalue weighted by molar-refractivity contribution is 7.89. The van der Waals surface area contributed by atoms with Crippen LogP contribution < -0.4 is 4.72 Å². The molecule has 0 spiro atoms. The van der Waals surface area contributed by atoms with Crippen molar-refractivity contribution >= 4 is 10.0 Å². The molecule has 104 valence electrons. The first kappa shape index (κ1) is 14.2. The average molecular weight is 290 g/mol. The maximum atomic E-state index is 12.1. The Morgan fingerprint density at radius 3 is 2.85 bits per heavy atom. The molecule has 0 fully saturated rings. The lowest BCUT2D eigenvalue weighted by Crippen LogP contribution is -2.26. The number of hydrogen-bond acceptors (Lipinski definition) is 4. The molecule has 0 unspecified atom stereocenters. The number of sulfonamides is 1. The predicted molar refractivity (Wildman–Crippen MR) is 73.2 cm³/mol. The minimum Gasteiger partial charge on any atom is -0.337 e. The van der Waals surface area contributed by atoms with Gasteiger partial charge in [0, 0.05) is 25.5 Å². The number of nitrogens with zero attached hydrogens (tertiary/aromatic N) is 3. The standard InChI is InChI=1S/C13H14N4O2S/c14-10-12-4-1-2-5-13(12)20(18,19)16-6-3-8-17-9-7-15-11-17/h1-2,4-5,7,9,11,16H,3,6,8H2. The lowest BCUT2D eigenvalue weighted by Gasteiger charge is -2.08. The van der Waals surface area contributed by atoms with Crippen molar-refractivity contribution in [1.82, 2.24) is 14.3 Å². The summed E-state index contributed by atoms with van der Waals surface area (Å²) >= 11 is 0. The van der Waals surface area contributed by atoms with Gasteiger partial charge in [-0.15, -0.1) is 0 Å². The zero-order chi connectivity index (χ0) is 14.4. The molecule has 0 aliphatic carbocycles. The first-order valence-corrected chi connectivity index (χ1v) is 7.56. The number of nitrogens with one attached hydrogen (secondary N) is 1. The molecule has 2 aromatic rings. The summed E-state index contributed by atoms with van der Waals surface area (Å²) in [6, 6.07) is 8.03. The molecule has 20 heavy (non-hydrogen) atoms. The van der Waals surface area contributed by atoms with Gasteiger partial charge in [0.25, 0.3) is 0 Å². The quantitative estimate of drug-likeness (QED) is 0.808. The van der Waals surface area contributed by atoms with E-state index in [4.69, 9.17) is 5.26 Å². The number of aromatic nitrogens is 2. The molecular formula is C13H14N4O2S. The number of imidazole rings is 1. The van der Waals surface area contributed by atoms with Crippen LogP contribution in [0.3, 0.4) is 0 Å². The molecule has 2 rings (SSSR count). The molecule has 1 heterocycles. The predicted octanol–water partition coefficient (Wildman–Crippen LogP) is 1.12. The normalized spacial score (nSPS) is 11.2. The summed E-state index contributed by atoms with van der Waals surface area (Å²) in [5, 5.41) is 8.93. The fraction of sp³-hybridized carbons (Fsp3) is 0.231. The molecule has 1 aromatic carbocycles. The number of nitriles is 1. The average Bonchev–Trinajstić information content (AvgIpc) is 2.97. The lowest BCUT2D eigenvalue weighted by molar-refractivity contribution is 0.569. The van der Waals surface area contributed by atoms with Crippen LogP contribution >= 0.6 is 0 Å². The Morgan fingerprint density at radius 2 is 2.15 bits per heavy atom. The van der Waals surface area contributed by atoms with Crippen LogP contribution in [-0.4, -0.2) is 24.5 Å². The smallest absolute Gasteiger partial charge is 0.241 e. The Morgan fingerprint density at radius 1 is 1.35 bits per heavy atom. The summed E-state index contributed by atoms with van der Waals surface area (Å²) in [6.45, 7) is 0.989. The lowest BCUT2D eigenvalue weighted by atomic mass is 10.2. The second kappa shape index (κ2) is 6.32. The van der Waals surface area contributed by atoms with Gasteiger partial charge in [0.05, 0.1) is 16.8 Å². The number of aryl methyl sites for hydroxylation is 1. The van der Waals surface area contributed by atoms with E-state index >= 15 is 0 Å². The Bertz CT molecular complexity index is 702. The molecule has 6 nitrogen and oxygen atoms in total. The molecule has 0 bridgehead atoms. The van der Waals surface area contributed by atoms with E-state index in [0.717, 1.165) is 0 Å². The topological polar surface area (TPSA) is 87.8 Å². The Hall–Kier alpha value is -2.17. The van der Waals surface area contributed by atoms with Crippen LogP contribution in [0, 0.1) is 11.3 Å². The Balaban J connectivity index is 1.96. The van der Waals surface area contributed by atoms with Crippen LogP contribution in [-0.2, 0) is 16.6 Å². The molecule has 0 saturated heterocycles. The van der Waals surface area contributed by atoms with Crippen LogP contribution in [0.25, 0.3) is 0 Å². The molecule has 0 saturated carbocycles. The molecule has 1 N–H and O–H groups in total. The van der Waals surface area contributed by atoms with E-state index in [0.29, 0.717) is 19.5 Å². The SMILES string of the molecule is N#Cc1ccccc1S(=O)(=O)NCCCn1ccnc1. The zero-order valence-electron chi connectivity index (χ0n) is 10.7. The van der Waals surface area contributed by atoms with Crippen molar-refractivity contribution in [3.63, 3.8) is 0 Å². The molecule has 0 atom stereocenters. The van der Waals surface area contributed by atoms with Crippen molar-refractivity contribution in [3.05, 3.63) is 48.5 Å². The van der Waals surface area contributed by atoms with Crippen molar-refractivity contribution in [3.8, 4) is 6.07 Å². The highest BCUT2D eigenvalue weighted by Gasteiger charge is 2.17. The molecule has 1 aromatic heterocycles. The molecule has 0 amide bonds. The van der Waals surface area contributed by atoms with Crippen molar-refractivity contribution < 1.29 is 8.42 Å². The van der Waals surface area contributed by atoms with E-state index in [-0.39, 0.29) is 10.5 Å². The fourth-order valence-electron chi connectivity index (χ4n) is 1.76. The van der Waals surface area contributed by atoms with Crippen molar-refractivity contribution in [2.75, 3.05) is 6.54 Å². The monoisotopic (exact) mass is 290 g/mol. The van der Waals surface area contributed by atoms with Crippen LogP contribution in [0.1, 0.15) is 12.0 Å². The van der Waals surface area contributed by atoms with Crippen molar-refractivity contribution in [2.45, 2.75) is 17.9 Å². The third-order valence-corrected chi connectivity index (χ3v) is 4.26. The summed E-state index contributed by atoms with van der Waals surface area (Å²) in [7, 11) is -3.64. The van der Waals surface area contributed by atoms with E-state index in [2.05, 4.69) is 9.71 Å². The van der Waals surface area contributed by atoms with Crippen LogP contribution in [0.15, 0.2) is 47.9 Å². The van der Waals surface area contributed by atoms with Crippen molar-refractivity contribution in [1.29, 1.82) is 5.26 Å². The van der Waals surface area contributed by atoms with Crippen molar-refractivity contribution in [2.24, 2.45) is 0 Å². The van der Waals surface area contributed by atoms with Crippen LogP contribution in [0.2, 0.25) is 0 Å². The number of hydrogen-bond donors (Lipinski definition) is 1. The van der Waals surface area contributed by atoms with E-state index in [9.17, 15) is 8.42 Å². The van der Waals surface area contributed by atoms with Gasteiger partial charge in [-0.2, -0.15) is 5.26 Å². The highest BCUT2D eigenvalue weighted by atomic mass is 32.2. The van der Waals surface area contributed by atoms with E-state index in [1.807, 2.05) is 16.8 Å². The molecule has 7 heteroatoms. The third-order valence-electron chi connectivity index (χ3n) is 2.74. The third kappa shape index (κ3) is 3.44. The molecular weight excluding hydrogens is 276 g/mol. The first-order chi connectivity index (χ1) is 9.63. The summed E-state index contributed by atoms with van der Waals surface area (Å²) in [5.41, 5.74) is 0.148.